The molecule has 0 saturated carbocycles. The van der Waals surface area contributed by atoms with Crippen LogP contribution < -0.4 is 15.0 Å². The lowest BCUT2D eigenvalue weighted by molar-refractivity contribution is 0.0965. The Morgan fingerprint density at radius 2 is 2.00 bits per heavy atom. The molecule has 0 amide bonds. The van der Waals surface area contributed by atoms with Crippen molar-refractivity contribution in [2.45, 2.75) is 26.8 Å². The second-order valence-electron chi connectivity index (χ2n) is 5.80. The molecule has 0 atom stereocenters. The number of hydrogen-bond acceptors (Lipinski definition) is 6. The molecule has 1 aliphatic heterocycles. The third kappa shape index (κ3) is 3.24. The van der Waals surface area contributed by atoms with Crippen molar-refractivity contribution >= 4 is 5.78 Å². The van der Waals surface area contributed by atoms with Crippen molar-refractivity contribution in [3.8, 4) is 17.6 Å². The van der Waals surface area contributed by atoms with Gasteiger partial charge in [0.25, 0.3) is 5.56 Å². The minimum absolute atomic E-state index is 0.0129. The molecule has 1 aromatic carbocycles. The average molecular weight is 339 g/mol. The Labute approximate surface area is 144 Å². The first-order chi connectivity index (χ1) is 12.0. The number of ketones is 1. The monoisotopic (exact) mass is 339 g/mol. The highest BCUT2D eigenvalue weighted by Gasteiger charge is 2.17. The van der Waals surface area contributed by atoms with Gasteiger partial charge in [0, 0.05) is 12.0 Å². The van der Waals surface area contributed by atoms with Crippen molar-refractivity contribution in [2.75, 3.05) is 13.2 Å². The van der Waals surface area contributed by atoms with Gasteiger partial charge in [0.2, 0.25) is 0 Å². The van der Waals surface area contributed by atoms with Gasteiger partial charge in [0.1, 0.15) is 18.2 Å². The highest BCUT2D eigenvalue weighted by Crippen LogP contribution is 2.30. The third-order valence-electron chi connectivity index (χ3n) is 4.11. The Kier molecular flexibility index (Phi) is 4.52. The van der Waals surface area contributed by atoms with Crippen LogP contribution in [0.1, 0.15) is 33.6 Å². The number of hydrogen-bond donors (Lipinski definition) is 0. The fourth-order valence-electron chi connectivity index (χ4n) is 2.57. The Bertz CT molecular complexity index is 941. The molecule has 1 aromatic heterocycles. The fourth-order valence-corrected chi connectivity index (χ4v) is 2.57. The topological polar surface area (TPSA) is 94.2 Å². The summed E-state index contributed by atoms with van der Waals surface area (Å²) in [6.07, 6.45) is 0.775. The summed E-state index contributed by atoms with van der Waals surface area (Å²) in [5, 5.41) is 13.3. The van der Waals surface area contributed by atoms with E-state index in [0.29, 0.717) is 41.5 Å². The molecule has 3 rings (SSSR count). The number of ether oxygens (including phenoxy) is 2. The molecule has 25 heavy (non-hydrogen) atoms. The molecular formula is C18H17N3O4. The minimum Gasteiger partial charge on any atom is -0.490 e. The van der Waals surface area contributed by atoms with E-state index in [9.17, 15) is 9.59 Å². The summed E-state index contributed by atoms with van der Waals surface area (Å²) in [7, 11) is 0. The second kappa shape index (κ2) is 6.77. The van der Waals surface area contributed by atoms with E-state index >= 15 is 0 Å². The molecule has 128 valence electrons. The summed E-state index contributed by atoms with van der Waals surface area (Å²) in [4.78, 5) is 24.9. The van der Waals surface area contributed by atoms with Gasteiger partial charge < -0.3 is 9.47 Å². The van der Waals surface area contributed by atoms with Crippen LogP contribution in [-0.4, -0.2) is 28.8 Å². The van der Waals surface area contributed by atoms with Crippen molar-refractivity contribution in [1.29, 1.82) is 5.26 Å². The van der Waals surface area contributed by atoms with Crippen LogP contribution in [0.2, 0.25) is 0 Å². The Morgan fingerprint density at radius 3 is 2.72 bits per heavy atom. The van der Waals surface area contributed by atoms with Crippen LogP contribution in [0.4, 0.5) is 0 Å². The van der Waals surface area contributed by atoms with Crippen LogP contribution in [0, 0.1) is 25.2 Å². The van der Waals surface area contributed by atoms with E-state index in [1.807, 2.05) is 6.07 Å². The standard InChI is InChI=1S/C18H17N3O4/c1-11-12(2)20-21(18(23)14(11)9-19)10-15(22)13-4-5-16-17(8-13)25-7-3-6-24-16/h4-5,8H,3,6-7,10H2,1-2H3. The summed E-state index contributed by atoms with van der Waals surface area (Å²) < 4.78 is 12.2. The summed E-state index contributed by atoms with van der Waals surface area (Å²) in [5.74, 6) is 0.820. The molecule has 0 saturated heterocycles. The van der Waals surface area contributed by atoms with Crippen molar-refractivity contribution in [2.24, 2.45) is 0 Å². The maximum absolute atomic E-state index is 12.6. The van der Waals surface area contributed by atoms with Crippen LogP contribution in [0.15, 0.2) is 23.0 Å². The van der Waals surface area contributed by atoms with E-state index in [0.717, 1.165) is 11.1 Å². The molecule has 0 spiro atoms. The predicted molar refractivity (Wildman–Crippen MR) is 89.1 cm³/mol. The number of carbonyl (C=O) groups is 1. The first-order valence-corrected chi connectivity index (χ1v) is 7.92. The summed E-state index contributed by atoms with van der Waals surface area (Å²) in [6.45, 7) is 4.21. The van der Waals surface area contributed by atoms with Crippen LogP contribution >= 0.6 is 0 Å². The van der Waals surface area contributed by atoms with E-state index < -0.39 is 5.56 Å². The fraction of sp³-hybridized carbons (Fsp3) is 0.333. The molecule has 0 aliphatic carbocycles. The zero-order valence-corrected chi connectivity index (χ0v) is 14.0. The van der Waals surface area contributed by atoms with E-state index in [-0.39, 0.29) is 17.9 Å². The first kappa shape index (κ1) is 16.7. The Hall–Kier alpha value is -3.14. The Balaban J connectivity index is 1.91. The van der Waals surface area contributed by atoms with Crippen LogP contribution in [0.3, 0.4) is 0 Å². The molecule has 0 radical (unpaired) electrons. The van der Waals surface area contributed by atoms with Crippen molar-refractivity contribution in [1.82, 2.24) is 9.78 Å². The van der Waals surface area contributed by atoms with Gasteiger partial charge in [0.15, 0.2) is 17.3 Å². The van der Waals surface area contributed by atoms with Crippen molar-refractivity contribution in [3.63, 3.8) is 0 Å². The van der Waals surface area contributed by atoms with E-state index in [4.69, 9.17) is 14.7 Å². The number of rotatable bonds is 3. The normalized spacial score (nSPS) is 13.0. The zero-order chi connectivity index (χ0) is 18.0. The van der Waals surface area contributed by atoms with Gasteiger partial charge in [-0.2, -0.15) is 10.4 Å². The molecule has 0 bridgehead atoms. The number of aryl methyl sites for hydroxylation is 1. The molecule has 2 heterocycles. The molecule has 2 aromatic rings. The lowest BCUT2D eigenvalue weighted by atomic mass is 10.1. The van der Waals surface area contributed by atoms with E-state index in [2.05, 4.69) is 5.10 Å². The number of benzene rings is 1. The minimum atomic E-state index is -0.562. The van der Waals surface area contributed by atoms with E-state index in [1.54, 1.807) is 32.0 Å². The van der Waals surface area contributed by atoms with Crippen LogP contribution in [0.25, 0.3) is 0 Å². The number of carbonyl (C=O) groups excluding carboxylic acids is 1. The smallest absolute Gasteiger partial charge is 0.285 e. The number of nitriles is 1. The van der Waals surface area contributed by atoms with Gasteiger partial charge in [-0.3, -0.25) is 9.59 Å². The quantitative estimate of drug-likeness (QED) is 0.791. The summed E-state index contributed by atoms with van der Waals surface area (Å²) in [6, 6.07) is 6.81. The maximum Gasteiger partial charge on any atom is 0.285 e. The zero-order valence-electron chi connectivity index (χ0n) is 14.0. The van der Waals surface area contributed by atoms with Gasteiger partial charge >= 0.3 is 0 Å². The lowest BCUT2D eigenvalue weighted by Gasteiger charge is -2.10. The van der Waals surface area contributed by atoms with Gasteiger partial charge in [0.05, 0.1) is 18.9 Å². The molecule has 7 heteroatoms. The number of nitrogens with zero attached hydrogens (tertiary/aromatic N) is 3. The predicted octanol–water partition coefficient (Wildman–Crippen LogP) is 1.78. The molecule has 0 fully saturated rings. The molecule has 0 N–H and O–H groups in total. The molecule has 1 aliphatic rings. The van der Waals surface area contributed by atoms with Gasteiger partial charge in [-0.15, -0.1) is 0 Å². The number of aromatic nitrogens is 2. The first-order valence-electron chi connectivity index (χ1n) is 7.92. The maximum atomic E-state index is 12.6. The lowest BCUT2D eigenvalue weighted by Crippen LogP contribution is -2.30. The average Bonchev–Trinajstić information content (AvgIpc) is 2.84. The van der Waals surface area contributed by atoms with Gasteiger partial charge in [-0.25, -0.2) is 4.68 Å². The number of fused-ring (bicyclic) bond motifs is 1. The summed E-state index contributed by atoms with van der Waals surface area (Å²) in [5.41, 5.74) is 0.927. The van der Waals surface area contributed by atoms with Crippen LogP contribution in [-0.2, 0) is 6.54 Å². The van der Waals surface area contributed by atoms with Gasteiger partial charge in [-0.05, 0) is 37.6 Å². The van der Waals surface area contributed by atoms with E-state index in [1.165, 1.54) is 0 Å². The highest BCUT2D eigenvalue weighted by atomic mass is 16.5. The van der Waals surface area contributed by atoms with Crippen LogP contribution in [0.5, 0.6) is 11.5 Å². The summed E-state index contributed by atoms with van der Waals surface area (Å²) >= 11 is 0. The second-order valence-corrected chi connectivity index (χ2v) is 5.80. The largest absolute Gasteiger partial charge is 0.490 e. The molecular weight excluding hydrogens is 322 g/mol. The van der Waals surface area contributed by atoms with Crippen molar-refractivity contribution < 1.29 is 14.3 Å². The Morgan fingerprint density at radius 1 is 1.28 bits per heavy atom. The highest BCUT2D eigenvalue weighted by molar-refractivity contribution is 5.96. The van der Waals surface area contributed by atoms with Crippen molar-refractivity contribution in [3.05, 3.63) is 50.9 Å². The van der Waals surface area contributed by atoms with Gasteiger partial charge in [-0.1, -0.05) is 0 Å². The molecule has 7 nitrogen and oxygen atoms in total. The SMILES string of the molecule is Cc1nn(CC(=O)c2ccc3c(c2)OCCCO3)c(=O)c(C#N)c1C. The molecule has 0 unspecified atom stereocenters. The number of Topliss-reactive ketones (excluding diaryl/α,β-unsaturated/α-hetero) is 1. The third-order valence-corrected chi connectivity index (χ3v) is 4.11.